The first-order valence-corrected chi connectivity index (χ1v) is 12.4. The molecule has 3 aromatic carbocycles. The molecule has 3 amide bonds. The number of carbonyl (C=O) groups excluding carboxylic acids is 3. The first-order valence-electron chi connectivity index (χ1n) is 12.4. The van der Waals surface area contributed by atoms with E-state index in [-0.39, 0.29) is 29.4 Å². The summed E-state index contributed by atoms with van der Waals surface area (Å²) in [5.74, 6) is -1.42. The van der Waals surface area contributed by atoms with Crippen LogP contribution in [-0.2, 0) is 9.59 Å². The normalized spacial score (nSPS) is 11.1. The fourth-order valence-corrected chi connectivity index (χ4v) is 3.94. The van der Waals surface area contributed by atoms with Gasteiger partial charge in [0.15, 0.2) is 0 Å². The molecule has 0 fully saturated rings. The molecule has 4 rings (SSSR count). The number of H-pyrrole nitrogens is 1. The predicted molar refractivity (Wildman–Crippen MR) is 144 cm³/mol. The Hall–Kier alpha value is -4.80. The number of aromatic amines is 1. The van der Waals surface area contributed by atoms with E-state index in [1.54, 1.807) is 44.2 Å². The van der Waals surface area contributed by atoms with E-state index >= 15 is 0 Å². The maximum Gasteiger partial charge on any atom is 0.271 e. The molecular weight excluding hydrogens is 525 g/mol. The number of amides is 3. The number of para-hydroxylation sites is 1. The molecule has 0 atom stereocenters. The second-order valence-electron chi connectivity index (χ2n) is 9.31. The van der Waals surface area contributed by atoms with Crippen molar-refractivity contribution in [2.24, 2.45) is 0 Å². The highest BCUT2D eigenvalue weighted by Gasteiger charge is 2.24. The number of fused-ring (bicyclic) bond motifs is 1. The number of benzene rings is 3. The third kappa shape index (κ3) is 7.19. The number of anilines is 1. The second-order valence-corrected chi connectivity index (χ2v) is 9.31. The van der Waals surface area contributed by atoms with Gasteiger partial charge in [0.2, 0.25) is 11.8 Å². The van der Waals surface area contributed by atoms with Gasteiger partial charge in [0.1, 0.15) is 36.1 Å². The SMILES string of the molecule is CC(C)NC(=O)CN(CC(=O)Nc1ccc(Oc2ccc(C(F)F)cc2)cc1)C(=O)c1cc2cccc(F)c2[nH]1. The summed E-state index contributed by atoms with van der Waals surface area (Å²) in [6.07, 6.45) is -2.57. The lowest BCUT2D eigenvalue weighted by atomic mass is 10.2. The summed E-state index contributed by atoms with van der Waals surface area (Å²) in [4.78, 5) is 42.4. The minimum atomic E-state index is -2.57. The van der Waals surface area contributed by atoms with Crippen LogP contribution >= 0.6 is 0 Å². The van der Waals surface area contributed by atoms with Gasteiger partial charge in [0.25, 0.3) is 12.3 Å². The highest BCUT2D eigenvalue weighted by atomic mass is 19.3. The van der Waals surface area contributed by atoms with Gasteiger partial charge in [-0.15, -0.1) is 0 Å². The molecule has 1 heterocycles. The van der Waals surface area contributed by atoms with E-state index in [1.807, 2.05) is 0 Å². The summed E-state index contributed by atoms with van der Waals surface area (Å²) in [6.45, 7) is 2.70. The fourth-order valence-electron chi connectivity index (χ4n) is 3.94. The summed E-state index contributed by atoms with van der Waals surface area (Å²) < 4.78 is 45.2. The number of halogens is 3. The van der Waals surface area contributed by atoms with Crippen molar-refractivity contribution in [2.75, 3.05) is 18.4 Å². The molecule has 0 radical (unpaired) electrons. The molecule has 208 valence electrons. The molecule has 0 unspecified atom stereocenters. The Kier molecular flexibility index (Phi) is 8.73. The zero-order chi connectivity index (χ0) is 28.8. The van der Waals surface area contributed by atoms with E-state index in [0.717, 1.165) is 4.90 Å². The van der Waals surface area contributed by atoms with Gasteiger partial charge in [-0.3, -0.25) is 14.4 Å². The maximum absolute atomic E-state index is 14.1. The average molecular weight is 553 g/mol. The first-order chi connectivity index (χ1) is 19.1. The number of rotatable bonds is 10. The summed E-state index contributed by atoms with van der Waals surface area (Å²) in [7, 11) is 0. The van der Waals surface area contributed by atoms with Crippen LogP contribution in [-0.4, -0.2) is 46.7 Å². The highest BCUT2D eigenvalue weighted by molar-refractivity contribution is 6.02. The van der Waals surface area contributed by atoms with Gasteiger partial charge in [-0.1, -0.05) is 12.1 Å². The quantitative estimate of drug-likeness (QED) is 0.237. The smallest absolute Gasteiger partial charge is 0.271 e. The van der Waals surface area contributed by atoms with E-state index in [9.17, 15) is 27.6 Å². The lowest BCUT2D eigenvalue weighted by Crippen LogP contribution is -2.45. The Morgan fingerprint density at radius 1 is 0.900 bits per heavy atom. The Morgan fingerprint density at radius 3 is 2.12 bits per heavy atom. The van der Waals surface area contributed by atoms with Gasteiger partial charge in [-0.05, 0) is 74.5 Å². The molecule has 8 nitrogen and oxygen atoms in total. The van der Waals surface area contributed by atoms with Crippen LogP contribution in [0.3, 0.4) is 0 Å². The van der Waals surface area contributed by atoms with Crippen LogP contribution < -0.4 is 15.4 Å². The number of carbonyl (C=O) groups is 3. The van der Waals surface area contributed by atoms with Gasteiger partial charge in [0, 0.05) is 22.7 Å². The molecule has 0 saturated heterocycles. The molecular formula is C29H27F3N4O4. The van der Waals surface area contributed by atoms with Crippen LogP contribution in [0.25, 0.3) is 10.9 Å². The highest BCUT2D eigenvalue weighted by Crippen LogP contribution is 2.26. The van der Waals surface area contributed by atoms with Crippen molar-refractivity contribution in [3.63, 3.8) is 0 Å². The zero-order valence-corrected chi connectivity index (χ0v) is 21.7. The second kappa shape index (κ2) is 12.4. The number of nitrogens with one attached hydrogen (secondary N) is 3. The first kappa shape index (κ1) is 28.2. The number of hydrogen-bond donors (Lipinski definition) is 3. The van der Waals surface area contributed by atoms with E-state index < -0.39 is 36.5 Å². The van der Waals surface area contributed by atoms with Gasteiger partial charge >= 0.3 is 0 Å². The standard InChI is InChI=1S/C29H27F3N4O4/c1-17(2)33-25(37)15-36(29(39)24-14-19-4-3-5-23(30)27(19)35-24)16-26(38)34-20-8-12-22(13-9-20)40-21-10-6-18(7-11-21)28(31)32/h3-14,17,28,35H,15-16H2,1-2H3,(H,33,37)(H,34,38). The maximum atomic E-state index is 14.1. The molecule has 0 aliphatic heterocycles. The van der Waals surface area contributed by atoms with Crippen molar-refractivity contribution >= 4 is 34.3 Å². The lowest BCUT2D eigenvalue weighted by Gasteiger charge is -2.22. The van der Waals surface area contributed by atoms with Crippen molar-refractivity contribution in [1.29, 1.82) is 0 Å². The van der Waals surface area contributed by atoms with Crippen molar-refractivity contribution in [3.8, 4) is 11.5 Å². The number of hydrogen-bond acceptors (Lipinski definition) is 4. The zero-order valence-electron chi connectivity index (χ0n) is 21.7. The molecule has 4 aromatic rings. The molecule has 0 saturated carbocycles. The Labute approximate surface area is 228 Å². The van der Waals surface area contributed by atoms with Gasteiger partial charge < -0.3 is 25.3 Å². The van der Waals surface area contributed by atoms with Crippen LogP contribution in [0.5, 0.6) is 11.5 Å². The van der Waals surface area contributed by atoms with Gasteiger partial charge in [-0.2, -0.15) is 0 Å². The molecule has 1 aromatic heterocycles. The van der Waals surface area contributed by atoms with Crippen LogP contribution in [0, 0.1) is 5.82 Å². The average Bonchev–Trinajstić information content (AvgIpc) is 3.35. The topological polar surface area (TPSA) is 104 Å². The van der Waals surface area contributed by atoms with E-state index in [4.69, 9.17) is 4.74 Å². The van der Waals surface area contributed by atoms with Crippen LogP contribution in [0.1, 0.15) is 36.3 Å². The number of alkyl halides is 2. The summed E-state index contributed by atoms with van der Waals surface area (Å²) in [5, 5.41) is 5.83. The van der Waals surface area contributed by atoms with E-state index in [2.05, 4.69) is 15.6 Å². The van der Waals surface area contributed by atoms with Gasteiger partial charge in [0.05, 0.1) is 5.52 Å². The molecule has 3 N–H and O–H groups in total. The number of aromatic nitrogens is 1. The van der Waals surface area contributed by atoms with Crippen LogP contribution in [0.15, 0.2) is 72.8 Å². The number of nitrogens with zero attached hydrogens (tertiary/aromatic N) is 1. The Morgan fingerprint density at radius 2 is 1.52 bits per heavy atom. The van der Waals surface area contributed by atoms with Crippen LogP contribution in [0.4, 0.5) is 18.9 Å². The van der Waals surface area contributed by atoms with Gasteiger partial charge in [-0.25, -0.2) is 13.2 Å². The third-order valence-corrected chi connectivity index (χ3v) is 5.75. The summed E-state index contributed by atoms with van der Waals surface area (Å²) in [6, 6.07) is 17.4. The van der Waals surface area contributed by atoms with Crippen molar-refractivity contribution in [3.05, 3.63) is 89.9 Å². The largest absolute Gasteiger partial charge is 0.457 e. The summed E-state index contributed by atoms with van der Waals surface area (Å²) >= 11 is 0. The van der Waals surface area contributed by atoms with Crippen molar-refractivity contribution in [2.45, 2.75) is 26.3 Å². The molecule has 0 aliphatic rings. The molecule has 0 aliphatic carbocycles. The van der Waals surface area contributed by atoms with E-state index in [1.165, 1.54) is 42.5 Å². The van der Waals surface area contributed by atoms with Crippen LogP contribution in [0.2, 0.25) is 0 Å². The minimum absolute atomic E-state index is 0.0355. The predicted octanol–water partition coefficient (Wildman–Crippen LogP) is 5.64. The monoisotopic (exact) mass is 552 g/mol. The number of ether oxygens (including phenoxy) is 1. The molecule has 11 heteroatoms. The minimum Gasteiger partial charge on any atom is -0.457 e. The van der Waals surface area contributed by atoms with Crippen molar-refractivity contribution in [1.82, 2.24) is 15.2 Å². The van der Waals surface area contributed by atoms with Crippen molar-refractivity contribution < 1.29 is 32.3 Å². The molecule has 40 heavy (non-hydrogen) atoms. The Bertz CT molecular complexity index is 1500. The Balaban J connectivity index is 1.43. The molecule has 0 bridgehead atoms. The van der Waals surface area contributed by atoms with E-state index in [0.29, 0.717) is 22.6 Å². The fraction of sp³-hybridized carbons (Fsp3) is 0.207. The third-order valence-electron chi connectivity index (χ3n) is 5.75. The molecule has 0 spiro atoms. The lowest BCUT2D eigenvalue weighted by molar-refractivity contribution is -0.123. The summed E-state index contributed by atoms with van der Waals surface area (Å²) in [5.41, 5.74) is 0.468.